The highest BCUT2D eigenvalue weighted by molar-refractivity contribution is 7.89. The van der Waals surface area contributed by atoms with Crippen molar-refractivity contribution in [2.24, 2.45) is 0 Å². The van der Waals surface area contributed by atoms with E-state index in [1.807, 2.05) is 6.92 Å². The van der Waals surface area contributed by atoms with Crippen LogP contribution in [0.1, 0.15) is 17.3 Å². The zero-order valence-corrected chi connectivity index (χ0v) is 13.3. The number of methoxy groups -OCH3 is 1. The zero-order chi connectivity index (χ0) is 16.8. The lowest BCUT2D eigenvalue weighted by Gasteiger charge is -2.17. The number of hydrogen-bond acceptors (Lipinski definition) is 5. The molecule has 0 unspecified atom stereocenters. The quantitative estimate of drug-likeness (QED) is 0.590. The first-order valence-electron chi connectivity index (χ1n) is 6.55. The highest BCUT2D eigenvalue weighted by Crippen LogP contribution is 2.21. The molecule has 1 atom stereocenters. The summed E-state index contributed by atoms with van der Waals surface area (Å²) in [6.45, 7) is 5.70. The van der Waals surface area contributed by atoms with Gasteiger partial charge >= 0.3 is 5.97 Å². The molecule has 0 aliphatic rings. The van der Waals surface area contributed by atoms with Crippen molar-refractivity contribution in [3.8, 4) is 0 Å². The molecule has 0 heterocycles. The number of benzene rings is 1. The second-order valence-corrected chi connectivity index (χ2v) is 6.42. The van der Waals surface area contributed by atoms with Crippen LogP contribution in [0.5, 0.6) is 0 Å². The maximum absolute atomic E-state index is 12.0. The van der Waals surface area contributed by atoms with Gasteiger partial charge in [0.25, 0.3) is 0 Å². The van der Waals surface area contributed by atoms with Gasteiger partial charge < -0.3 is 15.2 Å². The van der Waals surface area contributed by atoms with Crippen molar-refractivity contribution in [2.75, 3.05) is 25.6 Å². The monoisotopic (exact) mass is 328 g/mol. The maximum atomic E-state index is 12.0. The van der Waals surface area contributed by atoms with Crippen LogP contribution in [-0.4, -0.2) is 45.8 Å². The number of rotatable bonds is 9. The van der Waals surface area contributed by atoms with Crippen LogP contribution >= 0.6 is 0 Å². The predicted octanol–water partition coefficient (Wildman–Crippen LogP) is 1.30. The largest absolute Gasteiger partial charge is 0.478 e. The third-order valence-corrected chi connectivity index (χ3v) is 4.19. The van der Waals surface area contributed by atoms with E-state index in [1.165, 1.54) is 25.3 Å². The van der Waals surface area contributed by atoms with Gasteiger partial charge in [-0.3, -0.25) is 0 Å². The van der Waals surface area contributed by atoms with E-state index in [-0.39, 0.29) is 23.0 Å². The lowest BCUT2D eigenvalue weighted by atomic mass is 10.1. The van der Waals surface area contributed by atoms with Crippen molar-refractivity contribution in [3.05, 3.63) is 36.4 Å². The predicted molar refractivity (Wildman–Crippen MR) is 83.7 cm³/mol. The minimum atomic E-state index is -3.77. The Kier molecular flexibility index (Phi) is 6.54. The van der Waals surface area contributed by atoms with Gasteiger partial charge in [0.05, 0.1) is 17.1 Å². The number of anilines is 1. The van der Waals surface area contributed by atoms with Crippen LogP contribution < -0.4 is 10.0 Å². The molecule has 0 radical (unpaired) electrons. The number of aromatic carboxylic acids is 1. The highest BCUT2D eigenvalue weighted by Gasteiger charge is 2.19. The van der Waals surface area contributed by atoms with Gasteiger partial charge in [-0.2, -0.15) is 0 Å². The summed E-state index contributed by atoms with van der Waals surface area (Å²) in [6.07, 6.45) is 1.40. The number of carboxylic acids is 1. The summed E-state index contributed by atoms with van der Waals surface area (Å²) in [7, 11) is -2.23. The Morgan fingerprint density at radius 2 is 2.18 bits per heavy atom. The van der Waals surface area contributed by atoms with Gasteiger partial charge in [0, 0.05) is 25.4 Å². The fourth-order valence-electron chi connectivity index (χ4n) is 1.80. The molecule has 0 spiro atoms. The van der Waals surface area contributed by atoms with Crippen molar-refractivity contribution in [1.82, 2.24) is 4.72 Å². The van der Waals surface area contributed by atoms with Gasteiger partial charge in [0.2, 0.25) is 10.0 Å². The number of hydrogen-bond donors (Lipinski definition) is 3. The topological polar surface area (TPSA) is 105 Å². The number of carboxylic acid groups (broad SMARTS) is 1. The Morgan fingerprint density at radius 3 is 2.73 bits per heavy atom. The van der Waals surface area contributed by atoms with Crippen LogP contribution in [0.25, 0.3) is 0 Å². The molecule has 0 saturated carbocycles. The second kappa shape index (κ2) is 7.92. The first kappa shape index (κ1) is 18.1. The number of nitrogens with one attached hydrogen (secondary N) is 2. The van der Waals surface area contributed by atoms with E-state index in [2.05, 4.69) is 16.6 Å². The molecule has 1 aromatic carbocycles. The fraction of sp³-hybridized carbons (Fsp3) is 0.357. The van der Waals surface area contributed by atoms with E-state index in [1.54, 1.807) is 0 Å². The molecular formula is C14H20N2O5S. The Labute approximate surface area is 130 Å². The fourth-order valence-corrected chi connectivity index (χ4v) is 2.83. The van der Waals surface area contributed by atoms with Crippen molar-refractivity contribution < 1.29 is 23.1 Å². The van der Waals surface area contributed by atoms with E-state index >= 15 is 0 Å². The molecule has 0 saturated heterocycles. The normalized spacial score (nSPS) is 12.6. The molecular weight excluding hydrogens is 308 g/mol. The molecule has 0 fully saturated rings. The summed E-state index contributed by atoms with van der Waals surface area (Å²) in [5, 5.41) is 12.2. The molecule has 0 amide bonds. The van der Waals surface area contributed by atoms with E-state index in [0.717, 1.165) is 6.07 Å². The smallest absolute Gasteiger partial charge is 0.337 e. The van der Waals surface area contributed by atoms with Gasteiger partial charge in [-0.25, -0.2) is 17.9 Å². The minimum Gasteiger partial charge on any atom is -0.478 e. The lowest BCUT2D eigenvalue weighted by Crippen LogP contribution is -2.25. The Morgan fingerprint density at radius 1 is 1.50 bits per heavy atom. The Balaban J connectivity index is 3.14. The average molecular weight is 328 g/mol. The summed E-state index contributed by atoms with van der Waals surface area (Å²) in [6, 6.07) is 3.78. The van der Waals surface area contributed by atoms with E-state index in [9.17, 15) is 18.3 Å². The van der Waals surface area contributed by atoms with E-state index < -0.39 is 16.0 Å². The second-order valence-electron chi connectivity index (χ2n) is 4.65. The first-order valence-corrected chi connectivity index (χ1v) is 8.03. The van der Waals surface area contributed by atoms with Crippen molar-refractivity contribution >= 4 is 21.7 Å². The van der Waals surface area contributed by atoms with Gasteiger partial charge in [0.1, 0.15) is 0 Å². The molecule has 7 nitrogen and oxygen atoms in total. The third kappa shape index (κ3) is 4.83. The molecule has 0 bridgehead atoms. The molecule has 122 valence electrons. The van der Waals surface area contributed by atoms with Crippen LogP contribution in [0, 0.1) is 0 Å². The maximum Gasteiger partial charge on any atom is 0.337 e. The van der Waals surface area contributed by atoms with Gasteiger partial charge in [-0.05, 0) is 25.1 Å². The van der Waals surface area contributed by atoms with Crippen LogP contribution in [0.3, 0.4) is 0 Å². The molecule has 8 heteroatoms. The molecule has 0 aromatic heterocycles. The van der Waals surface area contributed by atoms with Crippen LogP contribution in [-0.2, 0) is 14.8 Å². The molecule has 1 aromatic rings. The Bertz CT molecular complexity index is 643. The molecule has 0 aliphatic carbocycles. The van der Waals surface area contributed by atoms with Crippen molar-refractivity contribution in [3.63, 3.8) is 0 Å². The van der Waals surface area contributed by atoms with Crippen LogP contribution in [0.4, 0.5) is 5.69 Å². The lowest BCUT2D eigenvalue weighted by molar-refractivity contribution is 0.0697. The van der Waals surface area contributed by atoms with Gasteiger partial charge in [0.15, 0.2) is 0 Å². The molecule has 22 heavy (non-hydrogen) atoms. The zero-order valence-electron chi connectivity index (χ0n) is 12.5. The number of ether oxygens (including phenoxy) is 1. The average Bonchev–Trinajstić information content (AvgIpc) is 2.45. The minimum absolute atomic E-state index is 0.0651. The van der Waals surface area contributed by atoms with Crippen LogP contribution in [0.15, 0.2) is 35.7 Å². The third-order valence-electron chi connectivity index (χ3n) is 2.77. The van der Waals surface area contributed by atoms with Crippen LogP contribution in [0.2, 0.25) is 0 Å². The van der Waals surface area contributed by atoms with Gasteiger partial charge in [-0.1, -0.05) is 6.08 Å². The van der Waals surface area contributed by atoms with Crippen molar-refractivity contribution in [1.29, 1.82) is 0 Å². The standard InChI is InChI=1S/C14H20N2O5S/c1-4-7-15-22(19,20)11-5-6-13(12(8-11)14(17)18)16-10(2)9-21-3/h4-6,8,10,15-16H,1,7,9H2,2-3H3,(H,17,18)/t10-/m1/s1. The summed E-state index contributed by atoms with van der Waals surface area (Å²) >= 11 is 0. The number of sulfonamides is 1. The summed E-state index contributed by atoms with van der Waals surface area (Å²) in [5.74, 6) is -1.21. The molecule has 1 rings (SSSR count). The SMILES string of the molecule is C=CCNS(=O)(=O)c1ccc(N[C@H](C)COC)c(C(=O)O)c1. The highest BCUT2D eigenvalue weighted by atomic mass is 32.2. The summed E-state index contributed by atoms with van der Waals surface area (Å²) < 4.78 is 31.3. The van der Waals surface area contributed by atoms with E-state index in [4.69, 9.17) is 4.74 Å². The summed E-state index contributed by atoms with van der Waals surface area (Å²) in [4.78, 5) is 11.2. The molecule has 0 aliphatic heterocycles. The van der Waals surface area contributed by atoms with E-state index in [0.29, 0.717) is 12.3 Å². The number of carbonyl (C=O) groups is 1. The summed E-state index contributed by atoms with van der Waals surface area (Å²) in [5.41, 5.74) is 0.212. The van der Waals surface area contributed by atoms with Gasteiger partial charge in [-0.15, -0.1) is 6.58 Å². The first-order chi connectivity index (χ1) is 10.3. The molecule has 3 N–H and O–H groups in total. The Hall–Kier alpha value is -1.90. The van der Waals surface area contributed by atoms with Crippen molar-refractivity contribution in [2.45, 2.75) is 17.9 Å².